The molecule has 1 atom stereocenters. The highest BCUT2D eigenvalue weighted by Gasteiger charge is 2.36. The summed E-state index contributed by atoms with van der Waals surface area (Å²) in [5.74, 6) is 0. The fourth-order valence-electron chi connectivity index (χ4n) is 2.86. The van der Waals surface area contributed by atoms with Gasteiger partial charge in [-0.05, 0) is 31.4 Å². The number of nitrogens with one attached hydrogen (secondary N) is 1. The molecule has 0 aliphatic carbocycles. The number of amides is 2. The van der Waals surface area contributed by atoms with Crippen LogP contribution in [0.2, 0.25) is 0 Å². The van der Waals surface area contributed by atoms with Crippen LogP contribution in [-0.2, 0) is 16.0 Å². The van der Waals surface area contributed by atoms with Crippen LogP contribution in [-0.4, -0.2) is 48.0 Å². The highest BCUT2D eigenvalue weighted by Crippen LogP contribution is 2.24. The summed E-state index contributed by atoms with van der Waals surface area (Å²) in [4.78, 5) is 18.5. The molecule has 114 valence electrons. The molecule has 3 rings (SSSR count). The third kappa shape index (κ3) is 3.51. The number of pyridine rings is 1. The number of aromatic nitrogens is 1. The quantitative estimate of drug-likeness (QED) is 0.917. The predicted octanol–water partition coefficient (Wildman–Crippen LogP) is 1.52. The number of carbonyl (C=O) groups is 1. The molecule has 1 aromatic heterocycles. The summed E-state index contributed by atoms with van der Waals surface area (Å²) in [5.41, 5.74) is 0.854. The molecular weight excluding hydrogens is 270 g/mol. The van der Waals surface area contributed by atoms with Crippen molar-refractivity contribution in [3.8, 4) is 0 Å². The molecule has 2 fully saturated rings. The van der Waals surface area contributed by atoms with Crippen LogP contribution in [0.3, 0.4) is 0 Å². The van der Waals surface area contributed by atoms with Gasteiger partial charge in [0, 0.05) is 12.7 Å². The monoisotopic (exact) mass is 291 g/mol. The van der Waals surface area contributed by atoms with Crippen LogP contribution in [0.1, 0.15) is 25.0 Å². The van der Waals surface area contributed by atoms with Gasteiger partial charge >= 0.3 is 6.03 Å². The lowest BCUT2D eigenvalue weighted by Crippen LogP contribution is -2.53. The number of carbonyl (C=O) groups excluding carboxylic acids is 1. The van der Waals surface area contributed by atoms with Crippen LogP contribution in [0.4, 0.5) is 4.79 Å². The van der Waals surface area contributed by atoms with Crippen molar-refractivity contribution in [2.45, 2.75) is 38.1 Å². The van der Waals surface area contributed by atoms with Gasteiger partial charge in [0.1, 0.15) is 0 Å². The summed E-state index contributed by atoms with van der Waals surface area (Å²) in [5, 5.41) is 2.94. The third-order valence-electron chi connectivity index (χ3n) is 3.92. The molecule has 0 aromatic carbocycles. The minimum atomic E-state index is -0.272. The van der Waals surface area contributed by atoms with E-state index in [1.807, 2.05) is 23.1 Å². The van der Waals surface area contributed by atoms with Crippen LogP contribution in [0.25, 0.3) is 0 Å². The Bertz CT molecular complexity index is 462. The number of hydrogen-bond donors (Lipinski definition) is 1. The smallest absolute Gasteiger partial charge is 0.318 e. The van der Waals surface area contributed by atoms with Gasteiger partial charge < -0.3 is 19.7 Å². The zero-order valence-electron chi connectivity index (χ0n) is 12.0. The van der Waals surface area contributed by atoms with Crippen molar-refractivity contribution in [3.05, 3.63) is 30.1 Å². The van der Waals surface area contributed by atoms with Crippen molar-refractivity contribution in [2.24, 2.45) is 0 Å². The Hall–Kier alpha value is -1.66. The van der Waals surface area contributed by atoms with E-state index in [1.165, 1.54) is 0 Å². The lowest BCUT2D eigenvalue weighted by molar-refractivity contribution is -0.0983. The first-order chi connectivity index (χ1) is 10.3. The average molecular weight is 291 g/mol. The van der Waals surface area contributed by atoms with E-state index in [2.05, 4.69) is 10.3 Å². The highest BCUT2D eigenvalue weighted by atomic mass is 16.7. The van der Waals surface area contributed by atoms with E-state index >= 15 is 0 Å². The maximum Gasteiger partial charge on any atom is 0.318 e. The molecule has 2 saturated heterocycles. The Morgan fingerprint density at radius 3 is 2.95 bits per heavy atom. The second kappa shape index (κ2) is 6.87. The molecule has 2 amide bonds. The summed E-state index contributed by atoms with van der Waals surface area (Å²) in [7, 11) is 0. The molecule has 1 aromatic rings. The first-order valence-electron chi connectivity index (χ1n) is 7.52. The number of piperidine rings is 1. The van der Waals surface area contributed by atoms with Gasteiger partial charge in [0.25, 0.3) is 0 Å². The average Bonchev–Trinajstić information content (AvgIpc) is 3.08. The van der Waals surface area contributed by atoms with E-state index in [0.717, 1.165) is 31.5 Å². The molecule has 0 unspecified atom stereocenters. The fourth-order valence-corrected chi connectivity index (χ4v) is 2.86. The zero-order chi connectivity index (χ0) is 14.5. The molecule has 21 heavy (non-hydrogen) atoms. The molecular formula is C15H21N3O3. The highest BCUT2D eigenvalue weighted by molar-refractivity contribution is 5.74. The maximum atomic E-state index is 12.4. The van der Waals surface area contributed by atoms with Gasteiger partial charge in [0.15, 0.2) is 6.29 Å². The number of hydrogen-bond acceptors (Lipinski definition) is 4. The van der Waals surface area contributed by atoms with Crippen LogP contribution in [0.5, 0.6) is 0 Å². The van der Waals surface area contributed by atoms with Crippen LogP contribution in [0.15, 0.2) is 24.4 Å². The van der Waals surface area contributed by atoms with Crippen molar-refractivity contribution in [1.82, 2.24) is 15.2 Å². The predicted molar refractivity (Wildman–Crippen MR) is 76.5 cm³/mol. The van der Waals surface area contributed by atoms with E-state index in [0.29, 0.717) is 19.8 Å². The Labute approximate surface area is 124 Å². The molecule has 0 radical (unpaired) electrons. The molecule has 2 aliphatic heterocycles. The summed E-state index contributed by atoms with van der Waals surface area (Å²) < 4.78 is 11.2. The number of nitrogens with zero attached hydrogens (tertiary/aromatic N) is 2. The first-order valence-corrected chi connectivity index (χ1v) is 7.52. The van der Waals surface area contributed by atoms with Crippen molar-refractivity contribution in [2.75, 3.05) is 19.8 Å². The second-order valence-electron chi connectivity index (χ2n) is 5.35. The minimum absolute atomic E-state index is 0.0185. The Kier molecular flexibility index (Phi) is 4.67. The molecule has 0 saturated carbocycles. The van der Waals surface area contributed by atoms with E-state index in [4.69, 9.17) is 9.47 Å². The Balaban J connectivity index is 1.58. The summed E-state index contributed by atoms with van der Waals surface area (Å²) in [6.07, 6.45) is 4.52. The molecule has 2 aliphatic rings. The van der Waals surface area contributed by atoms with Gasteiger partial charge in [0.05, 0.1) is 31.5 Å². The Morgan fingerprint density at radius 1 is 1.33 bits per heavy atom. The molecule has 6 nitrogen and oxygen atoms in total. The molecule has 0 spiro atoms. The van der Waals surface area contributed by atoms with Crippen molar-refractivity contribution in [1.29, 1.82) is 0 Å². The molecule has 3 heterocycles. The second-order valence-corrected chi connectivity index (χ2v) is 5.35. The maximum absolute atomic E-state index is 12.4. The summed E-state index contributed by atoms with van der Waals surface area (Å²) in [6, 6.07) is 5.63. The lowest BCUT2D eigenvalue weighted by atomic mass is 10.0. The van der Waals surface area contributed by atoms with Gasteiger partial charge in [-0.15, -0.1) is 0 Å². The third-order valence-corrected chi connectivity index (χ3v) is 3.92. The van der Waals surface area contributed by atoms with Crippen molar-refractivity contribution >= 4 is 6.03 Å². The fraction of sp³-hybridized carbons (Fsp3) is 0.600. The number of likely N-dealkylation sites (tertiary alicyclic amines) is 1. The summed E-state index contributed by atoms with van der Waals surface area (Å²) >= 11 is 0. The zero-order valence-corrected chi connectivity index (χ0v) is 12.0. The standard InChI is InChI=1S/C15H21N3O3/c19-15(17-11-12-5-1-3-7-16-12)18-8-4-2-6-13(18)14-20-9-10-21-14/h1,3,5,7,13-14H,2,4,6,8-11H2,(H,17,19)/t13-/m1/s1. The molecule has 1 N–H and O–H groups in total. The molecule has 0 bridgehead atoms. The topological polar surface area (TPSA) is 63.7 Å². The van der Waals surface area contributed by atoms with E-state index < -0.39 is 0 Å². The van der Waals surface area contributed by atoms with Gasteiger partial charge in [-0.25, -0.2) is 4.79 Å². The van der Waals surface area contributed by atoms with Crippen LogP contribution in [0, 0.1) is 0 Å². The van der Waals surface area contributed by atoms with E-state index in [1.54, 1.807) is 6.20 Å². The number of urea groups is 1. The van der Waals surface area contributed by atoms with Gasteiger partial charge in [-0.2, -0.15) is 0 Å². The normalized spacial score (nSPS) is 23.2. The minimum Gasteiger partial charge on any atom is -0.348 e. The SMILES string of the molecule is O=C(NCc1ccccn1)N1CCCC[C@@H]1C1OCCO1. The Morgan fingerprint density at radius 2 is 2.19 bits per heavy atom. The van der Waals surface area contributed by atoms with Gasteiger partial charge in [0.2, 0.25) is 0 Å². The van der Waals surface area contributed by atoms with Crippen LogP contribution >= 0.6 is 0 Å². The summed E-state index contributed by atoms with van der Waals surface area (Å²) in [6.45, 7) is 2.42. The largest absolute Gasteiger partial charge is 0.348 e. The first kappa shape index (κ1) is 14.3. The van der Waals surface area contributed by atoms with Gasteiger partial charge in [-0.3, -0.25) is 4.98 Å². The van der Waals surface area contributed by atoms with Gasteiger partial charge in [-0.1, -0.05) is 6.07 Å². The molecule has 6 heteroatoms. The van der Waals surface area contributed by atoms with Crippen molar-refractivity contribution < 1.29 is 14.3 Å². The van der Waals surface area contributed by atoms with E-state index in [9.17, 15) is 4.79 Å². The number of ether oxygens (including phenoxy) is 2. The van der Waals surface area contributed by atoms with Crippen molar-refractivity contribution in [3.63, 3.8) is 0 Å². The van der Waals surface area contributed by atoms with Crippen LogP contribution < -0.4 is 5.32 Å². The van der Waals surface area contributed by atoms with E-state index in [-0.39, 0.29) is 18.4 Å². The number of rotatable bonds is 3. The lowest BCUT2D eigenvalue weighted by Gasteiger charge is -2.37.